The number of aliphatic hydroxyl groups excluding tert-OH is 1. The fourth-order valence-electron chi connectivity index (χ4n) is 4.50. The number of aryl methyl sites for hydroxylation is 1. The van der Waals surface area contributed by atoms with Gasteiger partial charge in [0.2, 0.25) is 0 Å². The molecule has 9 heteroatoms. The maximum Gasteiger partial charge on any atom is 0.295 e. The second-order valence-electron chi connectivity index (χ2n) is 9.17. The molecule has 0 spiro atoms. The van der Waals surface area contributed by atoms with Crippen LogP contribution in [0.3, 0.4) is 0 Å². The first-order chi connectivity index (χ1) is 18.2. The zero-order valence-electron chi connectivity index (χ0n) is 22.5. The van der Waals surface area contributed by atoms with E-state index in [1.165, 1.54) is 4.90 Å². The lowest BCUT2D eigenvalue weighted by Crippen LogP contribution is -2.38. The number of ketones is 1. The van der Waals surface area contributed by atoms with Gasteiger partial charge in [-0.3, -0.25) is 14.4 Å². The number of likely N-dealkylation sites (tertiary alicyclic amines) is 1. The molecule has 9 nitrogen and oxygen atoms in total. The molecule has 38 heavy (non-hydrogen) atoms. The van der Waals surface area contributed by atoms with Crippen LogP contribution in [0.5, 0.6) is 11.5 Å². The topological polar surface area (TPSA) is 122 Å². The number of amides is 2. The van der Waals surface area contributed by atoms with Crippen LogP contribution in [0.4, 0.5) is 0 Å². The molecular formula is C29H37N3O6. The van der Waals surface area contributed by atoms with Gasteiger partial charge in [0.1, 0.15) is 17.3 Å². The summed E-state index contributed by atoms with van der Waals surface area (Å²) in [6, 6.07) is 11.2. The molecule has 204 valence electrons. The average Bonchev–Trinajstić information content (AvgIpc) is 3.16. The molecule has 1 unspecified atom stereocenters. The second kappa shape index (κ2) is 13.1. The van der Waals surface area contributed by atoms with E-state index in [0.29, 0.717) is 42.3 Å². The van der Waals surface area contributed by atoms with Gasteiger partial charge in [-0.15, -0.1) is 0 Å². The molecule has 1 atom stereocenters. The quantitative estimate of drug-likeness (QED) is 0.234. The van der Waals surface area contributed by atoms with Gasteiger partial charge < -0.3 is 30.1 Å². The number of likely N-dealkylation sites (N-methyl/N-ethyl adjacent to an activating group) is 1. The zero-order valence-corrected chi connectivity index (χ0v) is 22.5. The summed E-state index contributed by atoms with van der Waals surface area (Å²) >= 11 is 0. The number of rotatable bonds is 13. The number of Topliss-reactive ketones (excluding diaryl/α,β-unsaturated/α-hetero) is 1. The van der Waals surface area contributed by atoms with E-state index >= 15 is 0 Å². The summed E-state index contributed by atoms with van der Waals surface area (Å²) in [5.41, 5.74) is 7.01. The van der Waals surface area contributed by atoms with Crippen molar-refractivity contribution in [3.8, 4) is 11.5 Å². The van der Waals surface area contributed by atoms with Gasteiger partial charge in [-0.2, -0.15) is 0 Å². The summed E-state index contributed by atoms with van der Waals surface area (Å²) in [7, 11) is 0. The number of primary amides is 1. The first kappa shape index (κ1) is 28.7. The number of hydrogen-bond donors (Lipinski definition) is 2. The Labute approximate surface area is 223 Å². The number of aliphatic hydroxyl groups is 1. The Kier molecular flexibility index (Phi) is 9.90. The van der Waals surface area contributed by atoms with Crippen molar-refractivity contribution in [2.75, 3.05) is 39.4 Å². The Hall–Kier alpha value is -3.85. The number of hydrogen-bond acceptors (Lipinski definition) is 7. The molecule has 0 bridgehead atoms. The summed E-state index contributed by atoms with van der Waals surface area (Å²) in [5.74, 6) is -1.12. The van der Waals surface area contributed by atoms with Crippen LogP contribution in [0.15, 0.2) is 48.0 Å². The standard InChI is InChI=1S/C29H37N3O6/c1-5-16-37-22-12-13-23(19(4)17-22)27(34)25-26(20-8-10-21(11-9-20)38-18-24(30)33)32(29(36)28(25)35)15-14-31(6-2)7-3/h8-13,17,26,34H,5-7,14-16,18H2,1-4H3,(H2,30,33)/b27-25+. The molecular weight excluding hydrogens is 486 g/mol. The van der Waals surface area contributed by atoms with Crippen molar-refractivity contribution in [2.45, 2.75) is 40.2 Å². The maximum atomic E-state index is 13.3. The van der Waals surface area contributed by atoms with Gasteiger partial charge in [-0.1, -0.05) is 32.9 Å². The first-order valence-electron chi connectivity index (χ1n) is 13.0. The molecule has 1 heterocycles. The number of benzene rings is 2. The van der Waals surface area contributed by atoms with Gasteiger partial charge in [0.15, 0.2) is 6.61 Å². The molecule has 2 aromatic rings. The third-order valence-electron chi connectivity index (χ3n) is 6.59. The molecule has 3 rings (SSSR count). The highest BCUT2D eigenvalue weighted by atomic mass is 16.5. The van der Waals surface area contributed by atoms with Gasteiger partial charge >= 0.3 is 0 Å². The van der Waals surface area contributed by atoms with Crippen LogP contribution in [-0.4, -0.2) is 71.9 Å². The highest BCUT2D eigenvalue weighted by molar-refractivity contribution is 6.46. The highest BCUT2D eigenvalue weighted by Crippen LogP contribution is 2.40. The molecule has 2 aromatic carbocycles. The highest BCUT2D eigenvalue weighted by Gasteiger charge is 2.46. The normalized spacial score (nSPS) is 16.8. The summed E-state index contributed by atoms with van der Waals surface area (Å²) < 4.78 is 11.0. The van der Waals surface area contributed by atoms with E-state index in [4.69, 9.17) is 15.2 Å². The minimum absolute atomic E-state index is 0.0330. The SMILES string of the molecule is CCCOc1ccc(/C(O)=C2\C(=O)C(=O)N(CCN(CC)CC)C2c2ccc(OCC(N)=O)cc2)c(C)c1. The Morgan fingerprint density at radius 2 is 1.68 bits per heavy atom. The van der Waals surface area contributed by atoms with Crippen LogP contribution in [-0.2, 0) is 14.4 Å². The van der Waals surface area contributed by atoms with Crippen molar-refractivity contribution >= 4 is 23.4 Å². The van der Waals surface area contributed by atoms with E-state index in [1.807, 2.05) is 27.7 Å². The number of nitrogens with two attached hydrogens (primary N) is 1. The maximum absolute atomic E-state index is 13.3. The Balaban J connectivity index is 2.05. The van der Waals surface area contributed by atoms with Gasteiger partial charge in [-0.05, 0) is 67.9 Å². The monoisotopic (exact) mass is 523 g/mol. The van der Waals surface area contributed by atoms with Crippen molar-refractivity contribution in [1.29, 1.82) is 0 Å². The lowest BCUT2D eigenvalue weighted by molar-refractivity contribution is -0.140. The van der Waals surface area contributed by atoms with Crippen LogP contribution in [0.25, 0.3) is 5.76 Å². The molecule has 1 aliphatic heterocycles. The van der Waals surface area contributed by atoms with Crippen LogP contribution >= 0.6 is 0 Å². The van der Waals surface area contributed by atoms with Gasteiger partial charge in [0.05, 0.1) is 18.2 Å². The fraction of sp³-hybridized carbons (Fsp3) is 0.414. The molecule has 0 radical (unpaired) electrons. The van der Waals surface area contributed by atoms with E-state index < -0.39 is 23.6 Å². The van der Waals surface area contributed by atoms with Crippen LogP contribution < -0.4 is 15.2 Å². The van der Waals surface area contributed by atoms with E-state index in [2.05, 4.69) is 4.90 Å². The average molecular weight is 524 g/mol. The Morgan fingerprint density at radius 1 is 1.03 bits per heavy atom. The molecule has 3 N–H and O–H groups in total. The lowest BCUT2D eigenvalue weighted by atomic mass is 9.94. The van der Waals surface area contributed by atoms with E-state index in [0.717, 1.165) is 25.1 Å². The van der Waals surface area contributed by atoms with Gasteiger partial charge in [0.25, 0.3) is 17.6 Å². The summed E-state index contributed by atoms with van der Waals surface area (Å²) in [5, 5.41) is 11.4. The number of carbonyl (C=O) groups excluding carboxylic acids is 3. The van der Waals surface area contributed by atoms with E-state index in [1.54, 1.807) is 42.5 Å². The number of nitrogens with zero attached hydrogens (tertiary/aromatic N) is 2. The Morgan fingerprint density at radius 3 is 2.26 bits per heavy atom. The summed E-state index contributed by atoms with van der Waals surface area (Å²) in [4.78, 5) is 41.3. The van der Waals surface area contributed by atoms with Crippen LogP contribution in [0.2, 0.25) is 0 Å². The van der Waals surface area contributed by atoms with Gasteiger partial charge in [-0.25, -0.2) is 0 Å². The molecule has 0 aliphatic carbocycles. The molecule has 1 saturated heterocycles. The van der Waals surface area contributed by atoms with Crippen molar-refractivity contribution in [2.24, 2.45) is 5.73 Å². The lowest BCUT2D eigenvalue weighted by Gasteiger charge is -2.28. The number of carbonyl (C=O) groups is 3. The molecule has 1 aliphatic rings. The number of ether oxygens (including phenoxy) is 2. The van der Waals surface area contributed by atoms with Crippen molar-refractivity contribution in [3.63, 3.8) is 0 Å². The molecule has 2 amide bonds. The van der Waals surface area contributed by atoms with Crippen molar-refractivity contribution in [1.82, 2.24) is 9.80 Å². The zero-order chi connectivity index (χ0) is 27.8. The van der Waals surface area contributed by atoms with Gasteiger partial charge in [0, 0.05) is 18.7 Å². The molecule has 1 fully saturated rings. The second-order valence-corrected chi connectivity index (χ2v) is 9.17. The largest absolute Gasteiger partial charge is 0.507 e. The van der Waals surface area contributed by atoms with E-state index in [-0.39, 0.29) is 17.9 Å². The minimum atomic E-state index is -0.786. The smallest absolute Gasteiger partial charge is 0.295 e. The first-order valence-corrected chi connectivity index (χ1v) is 13.0. The van der Waals surface area contributed by atoms with E-state index in [9.17, 15) is 19.5 Å². The predicted octanol–water partition coefficient (Wildman–Crippen LogP) is 3.41. The summed E-state index contributed by atoms with van der Waals surface area (Å²) in [6.07, 6.45) is 0.865. The predicted molar refractivity (Wildman–Crippen MR) is 145 cm³/mol. The third kappa shape index (κ3) is 6.52. The Bertz CT molecular complexity index is 1190. The molecule has 0 aromatic heterocycles. The molecule has 0 saturated carbocycles. The third-order valence-corrected chi connectivity index (χ3v) is 6.59. The van der Waals surface area contributed by atoms with Crippen LogP contribution in [0, 0.1) is 6.92 Å². The summed E-state index contributed by atoms with van der Waals surface area (Å²) in [6.45, 7) is 10.7. The van der Waals surface area contributed by atoms with Crippen LogP contribution in [0.1, 0.15) is 49.9 Å². The van der Waals surface area contributed by atoms with Crippen molar-refractivity contribution in [3.05, 3.63) is 64.7 Å². The minimum Gasteiger partial charge on any atom is -0.507 e. The van der Waals surface area contributed by atoms with Crippen molar-refractivity contribution < 1.29 is 29.0 Å². The fourth-order valence-corrected chi connectivity index (χ4v) is 4.50.